The first kappa shape index (κ1) is 11.6. The Morgan fingerprint density at radius 1 is 1.12 bits per heavy atom. The number of carbonyl (C=O) groups excluding carboxylic acids is 1. The molecular weight excluding hydrogens is 210 g/mol. The van der Waals surface area contributed by atoms with Gasteiger partial charge in [-0.25, -0.2) is 0 Å². The fourth-order valence-corrected chi connectivity index (χ4v) is 2.07. The van der Waals surface area contributed by atoms with E-state index in [1.165, 1.54) is 11.1 Å². The quantitative estimate of drug-likeness (QED) is 0.738. The molecule has 0 atom stereocenters. The highest BCUT2D eigenvalue weighted by Gasteiger charge is 2.08. The van der Waals surface area contributed by atoms with Crippen molar-refractivity contribution in [2.75, 3.05) is 0 Å². The van der Waals surface area contributed by atoms with Crippen LogP contribution in [0.5, 0.6) is 0 Å². The molecule has 2 heteroatoms. The molecule has 0 aliphatic heterocycles. The van der Waals surface area contributed by atoms with Crippen LogP contribution in [-0.4, -0.2) is 10.9 Å². The molecule has 0 spiro atoms. The first-order valence-corrected chi connectivity index (χ1v) is 5.79. The summed E-state index contributed by atoms with van der Waals surface area (Å²) in [5, 5.41) is 0. The van der Waals surface area contributed by atoms with Crippen molar-refractivity contribution in [3.05, 3.63) is 58.4 Å². The van der Waals surface area contributed by atoms with Crippen LogP contribution in [0.15, 0.2) is 30.3 Å². The van der Waals surface area contributed by atoms with Crippen molar-refractivity contribution in [2.24, 2.45) is 0 Å². The van der Waals surface area contributed by atoms with Crippen molar-refractivity contribution in [2.45, 2.75) is 27.3 Å². The van der Waals surface area contributed by atoms with Crippen LogP contribution in [0.3, 0.4) is 0 Å². The first-order chi connectivity index (χ1) is 8.11. The Morgan fingerprint density at radius 2 is 1.76 bits per heavy atom. The number of benzene rings is 1. The van der Waals surface area contributed by atoms with E-state index >= 15 is 0 Å². The minimum absolute atomic E-state index is 0.787. The Kier molecular flexibility index (Phi) is 3.14. The zero-order valence-electron chi connectivity index (χ0n) is 10.5. The Morgan fingerprint density at radius 3 is 2.29 bits per heavy atom. The molecule has 2 rings (SSSR count). The summed E-state index contributed by atoms with van der Waals surface area (Å²) >= 11 is 0. The standard InChI is InChI=1S/C15H17NO/c1-11-4-6-14(7-5-11)9-16-12(2)8-15(10-17)13(16)3/h4-8,10H,9H2,1-3H3. The fraction of sp³-hybridized carbons (Fsp3) is 0.267. The summed E-state index contributed by atoms with van der Waals surface area (Å²) in [5.74, 6) is 0. The molecule has 0 saturated carbocycles. The van der Waals surface area contributed by atoms with Gasteiger partial charge < -0.3 is 4.57 Å². The highest BCUT2D eigenvalue weighted by atomic mass is 16.1. The van der Waals surface area contributed by atoms with Gasteiger partial charge in [0, 0.05) is 23.5 Å². The number of aldehydes is 1. The lowest BCUT2D eigenvalue weighted by molar-refractivity contribution is 0.112. The molecule has 0 unspecified atom stereocenters. The van der Waals surface area contributed by atoms with Crippen LogP contribution in [-0.2, 0) is 6.54 Å². The van der Waals surface area contributed by atoms with Crippen LogP contribution in [0.4, 0.5) is 0 Å². The summed E-state index contributed by atoms with van der Waals surface area (Å²) in [7, 11) is 0. The summed E-state index contributed by atoms with van der Waals surface area (Å²) in [6, 6.07) is 10.4. The zero-order valence-corrected chi connectivity index (χ0v) is 10.5. The third kappa shape index (κ3) is 2.31. The van der Waals surface area contributed by atoms with Crippen molar-refractivity contribution in [3.8, 4) is 0 Å². The van der Waals surface area contributed by atoms with Crippen molar-refractivity contribution in [1.29, 1.82) is 0 Å². The lowest BCUT2D eigenvalue weighted by Crippen LogP contribution is -2.04. The topological polar surface area (TPSA) is 22.0 Å². The third-order valence-corrected chi connectivity index (χ3v) is 3.20. The van der Waals surface area contributed by atoms with Crippen LogP contribution in [0.25, 0.3) is 0 Å². The summed E-state index contributed by atoms with van der Waals surface area (Å²) in [6.45, 7) is 6.94. The SMILES string of the molecule is Cc1ccc(Cn2c(C)cc(C=O)c2C)cc1. The van der Waals surface area contributed by atoms with E-state index in [9.17, 15) is 4.79 Å². The summed E-state index contributed by atoms with van der Waals surface area (Å²) in [6.07, 6.45) is 0.925. The van der Waals surface area contributed by atoms with Crippen molar-refractivity contribution >= 4 is 6.29 Å². The molecule has 1 heterocycles. The monoisotopic (exact) mass is 227 g/mol. The first-order valence-electron chi connectivity index (χ1n) is 5.79. The fourth-order valence-electron chi connectivity index (χ4n) is 2.07. The van der Waals surface area contributed by atoms with E-state index in [1.54, 1.807) is 0 Å². The highest BCUT2D eigenvalue weighted by Crippen LogP contribution is 2.15. The van der Waals surface area contributed by atoms with Crippen LogP contribution in [0.2, 0.25) is 0 Å². The van der Waals surface area contributed by atoms with E-state index in [-0.39, 0.29) is 0 Å². The molecule has 0 aliphatic carbocycles. The van der Waals surface area contributed by atoms with Gasteiger partial charge >= 0.3 is 0 Å². The van der Waals surface area contributed by atoms with Crippen LogP contribution in [0, 0.1) is 20.8 Å². The number of aryl methyl sites for hydroxylation is 2. The average molecular weight is 227 g/mol. The molecule has 0 fully saturated rings. The second-order valence-corrected chi connectivity index (χ2v) is 4.52. The number of hydrogen-bond acceptors (Lipinski definition) is 1. The molecule has 1 aromatic carbocycles. The van der Waals surface area contributed by atoms with Crippen LogP contribution >= 0.6 is 0 Å². The van der Waals surface area contributed by atoms with Crippen LogP contribution in [0.1, 0.15) is 32.9 Å². The number of hydrogen-bond donors (Lipinski definition) is 0. The Hall–Kier alpha value is -1.83. The summed E-state index contributed by atoms with van der Waals surface area (Å²) < 4.78 is 2.17. The maximum Gasteiger partial charge on any atom is 0.151 e. The largest absolute Gasteiger partial charge is 0.344 e. The molecule has 17 heavy (non-hydrogen) atoms. The molecule has 0 saturated heterocycles. The Labute approximate surface area is 102 Å². The van der Waals surface area contributed by atoms with E-state index < -0.39 is 0 Å². The van der Waals surface area contributed by atoms with Gasteiger partial charge in [0.25, 0.3) is 0 Å². The van der Waals surface area contributed by atoms with Gasteiger partial charge in [-0.2, -0.15) is 0 Å². The van der Waals surface area contributed by atoms with Gasteiger partial charge in [-0.1, -0.05) is 29.8 Å². The smallest absolute Gasteiger partial charge is 0.151 e. The lowest BCUT2D eigenvalue weighted by atomic mass is 10.1. The molecule has 0 radical (unpaired) electrons. The second-order valence-electron chi connectivity index (χ2n) is 4.52. The van der Waals surface area contributed by atoms with E-state index in [0.29, 0.717) is 0 Å². The molecule has 0 bridgehead atoms. The average Bonchev–Trinajstić information content (AvgIpc) is 2.59. The van der Waals surface area contributed by atoms with E-state index in [0.717, 1.165) is 29.8 Å². The third-order valence-electron chi connectivity index (χ3n) is 3.20. The van der Waals surface area contributed by atoms with Gasteiger partial charge in [-0.05, 0) is 32.4 Å². The summed E-state index contributed by atoms with van der Waals surface area (Å²) in [4.78, 5) is 10.9. The van der Waals surface area contributed by atoms with Gasteiger partial charge in [0.15, 0.2) is 6.29 Å². The number of carbonyl (C=O) groups is 1. The highest BCUT2D eigenvalue weighted by molar-refractivity contribution is 5.77. The molecule has 2 aromatic rings. The number of nitrogens with zero attached hydrogens (tertiary/aromatic N) is 1. The molecule has 0 aliphatic rings. The van der Waals surface area contributed by atoms with Gasteiger partial charge in [0.05, 0.1) is 0 Å². The number of rotatable bonds is 3. The van der Waals surface area contributed by atoms with Crippen molar-refractivity contribution in [3.63, 3.8) is 0 Å². The van der Waals surface area contributed by atoms with Crippen molar-refractivity contribution < 1.29 is 4.79 Å². The van der Waals surface area contributed by atoms with E-state index in [4.69, 9.17) is 0 Å². The Balaban J connectivity index is 2.32. The maximum absolute atomic E-state index is 10.9. The van der Waals surface area contributed by atoms with Gasteiger partial charge in [0.1, 0.15) is 0 Å². The molecule has 88 valence electrons. The lowest BCUT2D eigenvalue weighted by Gasteiger charge is -2.09. The molecule has 0 N–H and O–H groups in total. The van der Waals surface area contributed by atoms with Crippen LogP contribution < -0.4 is 0 Å². The summed E-state index contributed by atoms with van der Waals surface area (Å²) in [5.41, 5.74) is 5.48. The molecule has 1 aromatic heterocycles. The predicted molar refractivity (Wildman–Crippen MR) is 69.6 cm³/mol. The number of aromatic nitrogens is 1. The van der Waals surface area contributed by atoms with Gasteiger partial charge in [-0.3, -0.25) is 4.79 Å². The minimum Gasteiger partial charge on any atom is -0.344 e. The van der Waals surface area contributed by atoms with E-state index in [2.05, 4.69) is 35.8 Å². The van der Waals surface area contributed by atoms with E-state index in [1.807, 2.05) is 19.9 Å². The van der Waals surface area contributed by atoms with Gasteiger partial charge in [-0.15, -0.1) is 0 Å². The normalized spacial score (nSPS) is 10.5. The second kappa shape index (κ2) is 4.58. The maximum atomic E-state index is 10.9. The Bertz CT molecular complexity index is 535. The zero-order chi connectivity index (χ0) is 12.4. The van der Waals surface area contributed by atoms with Gasteiger partial charge in [0.2, 0.25) is 0 Å². The molecule has 0 amide bonds. The predicted octanol–water partition coefficient (Wildman–Crippen LogP) is 3.27. The molecular formula is C15H17NO. The van der Waals surface area contributed by atoms with Crippen molar-refractivity contribution in [1.82, 2.24) is 4.57 Å². The molecule has 2 nitrogen and oxygen atoms in total. The minimum atomic E-state index is 0.787.